The van der Waals surface area contributed by atoms with Gasteiger partial charge in [-0.2, -0.15) is 0 Å². The molecule has 0 amide bonds. The second-order valence-electron chi connectivity index (χ2n) is 5.02. The Morgan fingerprint density at radius 1 is 1.15 bits per heavy atom. The molecule has 0 aliphatic rings. The molecule has 0 aliphatic heterocycles. The third kappa shape index (κ3) is 3.92. The van der Waals surface area contributed by atoms with Gasteiger partial charge in [-0.3, -0.25) is 9.78 Å². The van der Waals surface area contributed by atoms with Crippen LogP contribution in [0.4, 0.5) is 0 Å². The van der Waals surface area contributed by atoms with Crippen LogP contribution in [0.5, 0.6) is 5.75 Å². The third-order valence-electron chi connectivity index (χ3n) is 3.16. The number of benzene rings is 1. The van der Waals surface area contributed by atoms with Crippen LogP contribution in [0.25, 0.3) is 0 Å². The van der Waals surface area contributed by atoms with Gasteiger partial charge in [0.05, 0.1) is 6.61 Å². The normalized spacial score (nSPS) is 10.6. The summed E-state index contributed by atoms with van der Waals surface area (Å²) in [5, 5.41) is 0. The molecule has 0 radical (unpaired) electrons. The van der Waals surface area contributed by atoms with Gasteiger partial charge in [0.2, 0.25) is 0 Å². The maximum absolute atomic E-state index is 10.5. The van der Waals surface area contributed by atoms with Crippen LogP contribution in [-0.2, 0) is 6.42 Å². The number of rotatable bonds is 6. The molecular weight excluding hydrogens is 250 g/mol. The zero-order valence-electron chi connectivity index (χ0n) is 11.9. The SMILES string of the molecule is CC(C)c1ccc(CCOc2ccc(C=O)cc2)nc1. The first-order valence-electron chi connectivity index (χ1n) is 6.82. The minimum absolute atomic E-state index is 0.504. The molecule has 2 aromatic rings. The monoisotopic (exact) mass is 269 g/mol. The minimum Gasteiger partial charge on any atom is -0.493 e. The van der Waals surface area contributed by atoms with Crippen molar-refractivity contribution in [2.24, 2.45) is 0 Å². The molecule has 20 heavy (non-hydrogen) atoms. The van der Waals surface area contributed by atoms with E-state index in [1.807, 2.05) is 12.3 Å². The maximum Gasteiger partial charge on any atom is 0.150 e. The lowest BCUT2D eigenvalue weighted by Gasteiger charge is -2.08. The summed E-state index contributed by atoms with van der Waals surface area (Å²) in [4.78, 5) is 15.0. The molecular formula is C17H19NO2. The fraction of sp³-hybridized carbons (Fsp3) is 0.294. The number of aldehydes is 1. The van der Waals surface area contributed by atoms with Gasteiger partial charge in [0, 0.05) is 23.9 Å². The van der Waals surface area contributed by atoms with Crippen molar-refractivity contribution in [1.29, 1.82) is 0 Å². The summed E-state index contributed by atoms with van der Waals surface area (Å²) in [6.45, 7) is 4.89. The number of nitrogens with zero attached hydrogens (tertiary/aromatic N) is 1. The number of ether oxygens (including phenoxy) is 1. The topological polar surface area (TPSA) is 39.2 Å². The van der Waals surface area contributed by atoms with E-state index in [2.05, 4.69) is 24.9 Å². The Morgan fingerprint density at radius 2 is 1.90 bits per heavy atom. The van der Waals surface area contributed by atoms with Crippen LogP contribution in [0.2, 0.25) is 0 Å². The molecule has 0 saturated carbocycles. The second kappa shape index (κ2) is 6.85. The van der Waals surface area contributed by atoms with E-state index >= 15 is 0 Å². The van der Waals surface area contributed by atoms with Gasteiger partial charge >= 0.3 is 0 Å². The summed E-state index contributed by atoms with van der Waals surface area (Å²) >= 11 is 0. The number of pyridine rings is 1. The number of carbonyl (C=O) groups excluding carboxylic acids is 1. The van der Waals surface area contributed by atoms with Crippen LogP contribution in [-0.4, -0.2) is 17.9 Å². The van der Waals surface area contributed by atoms with Crippen LogP contribution < -0.4 is 4.74 Å². The molecule has 0 unspecified atom stereocenters. The zero-order chi connectivity index (χ0) is 14.4. The first-order chi connectivity index (χ1) is 9.69. The van der Waals surface area contributed by atoms with E-state index in [1.165, 1.54) is 5.56 Å². The van der Waals surface area contributed by atoms with E-state index in [0.717, 1.165) is 24.2 Å². The fourth-order valence-corrected chi connectivity index (χ4v) is 1.84. The van der Waals surface area contributed by atoms with Crippen LogP contribution in [0.3, 0.4) is 0 Å². The van der Waals surface area contributed by atoms with Crippen LogP contribution >= 0.6 is 0 Å². The van der Waals surface area contributed by atoms with Crippen molar-refractivity contribution in [2.75, 3.05) is 6.61 Å². The molecule has 0 aliphatic carbocycles. The standard InChI is InChI=1S/C17H19NO2/c1-13(2)15-5-6-16(18-11-15)9-10-20-17-7-3-14(12-19)4-8-17/h3-8,11-13H,9-10H2,1-2H3. The lowest BCUT2D eigenvalue weighted by Crippen LogP contribution is -2.03. The molecule has 0 N–H and O–H groups in total. The molecule has 104 valence electrons. The quantitative estimate of drug-likeness (QED) is 0.752. The van der Waals surface area contributed by atoms with E-state index in [-0.39, 0.29) is 0 Å². The van der Waals surface area contributed by atoms with E-state index in [0.29, 0.717) is 18.1 Å². The number of aromatic nitrogens is 1. The summed E-state index contributed by atoms with van der Waals surface area (Å²) in [5.74, 6) is 1.28. The Hall–Kier alpha value is -2.16. The Labute approximate surface area is 119 Å². The molecule has 0 spiro atoms. The highest BCUT2D eigenvalue weighted by Crippen LogP contribution is 2.14. The highest BCUT2D eigenvalue weighted by molar-refractivity contribution is 5.74. The van der Waals surface area contributed by atoms with E-state index in [4.69, 9.17) is 4.74 Å². The van der Waals surface area contributed by atoms with Crippen LogP contribution in [0, 0.1) is 0 Å². The fourth-order valence-electron chi connectivity index (χ4n) is 1.84. The predicted octanol–water partition coefficient (Wildman–Crippen LogP) is 3.64. The Kier molecular flexibility index (Phi) is 4.88. The van der Waals surface area contributed by atoms with Gasteiger partial charge < -0.3 is 4.74 Å². The molecule has 3 nitrogen and oxygen atoms in total. The molecule has 0 saturated heterocycles. The smallest absolute Gasteiger partial charge is 0.150 e. The summed E-state index contributed by atoms with van der Waals surface area (Å²) < 4.78 is 5.63. The van der Waals surface area contributed by atoms with Gasteiger partial charge in [0.15, 0.2) is 0 Å². The maximum atomic E-state index is 10.5. The Bertz CT molecular complexity index is 544. The van der Waals surface area contributed by atoms with E-state index < -0.39 is 0 Å². The van der Waals surface area contributed by atoms with Gasteiger partial charge in [0.25, 0.3) is 0 Å². The van der Waals surface area contributed by atoms with Crippen molar-refractivity contribution in [3.8, 4) is 5.75 Å². The average molecular weight is 269 g/mol. The van der Waals surface area contributed by atoms with Crippen molar-refractivity contribution < 1.29 is 9.53 Å². The molecule has 0 bridgehead atoms. The molecule has 1 heterocycles. The van der Waals surface area contributed by atoms with Crippen LogP contribution in [0.15, 0.2) is 42.6 Å². The van der Waals surface area contributed by atoms with Crippen molar-refractivity contribution in [3.05, 3.63) is 59.4 Å². The van der Waals surface area contributed by atoms with Gasteiger partial charge in [-0.15, -0.1) is 0 Å². The average Bonchev–Trinajstić information content (AvgIpc) is 2.48. The number of hydrogen-bond donors (Lipinski definition) is 0. The van der Waals surface area contributed by atoms with E-state index in [9.17, 15) is 4.79 Å². The molecule has 1 aromatic heterocycles. The van der Waals surface area contributed by atoms with Crippen molar-refractivity contribution in [3.63, 3.8) is 0 Å². The number of carbonyl (C=O) groups is 1. The van der Waals surface area contributed by atoms with Gasteiger partial charge in [-0.05, 0) is 41.8 Å². The minimum atomic E-state index is 0.504. The molecule has 0 atom stereocenters. The molecule has 3 heteroatoms. The summed E-state index contributed by atoms with van der Waals surface area (Å²) in [6.07, 6.45) is 3.52. The lowest BCUT2D eigenvalue weighted by atomic mass is 10.1. The van der Waals surface area contributed by atoms with Crippen LogP contribution in [0.1, 0.15) is 41.4 Å². The zero-order valence-corrected chi connectivity index (χ0v) is 11.9. The summed E-state index contributed by atoms with van der Waals surface area (Å²) in [5.41, 5.74) is 2.93. The Morgan fingerprint density at radius 3 is 2.45 bits per heavy atom. The first-order valence-corrected chi connectivity index (χ1v) is 6.82. The summed E-state index contributed by atoms with van der Waals surface area (Å²) in [6, 6.07) is 11.3. The third-order valence-corrected chi connectivity index (χ3v) is 3.16. The highest BCUT2D eigenvalue weighted by atomic mass is 16.5. The lowest BCUT2D eigenvalue weighted by molar-refractivity contribution is 0.112. The second-order valence-corrected chi connectivity index (χ2v) is 5.02. The van der Waals surface area contributed by atoms with Gasteiger partial charge in [0.1, 0.15) is 12.0 Å². The molecule has 2 rings (SSSR count). The predicted molar refractivity (Wildman–Crippen MR) is 79.4 cm³/mol. The highest BCUT2D eigenvalue weighted by Gasteiger charge is 2.01. The largest absolute Gasteiger partial charge is 0.493 e. The van der Waals surface area contributed by atoms with Gasteiger partial charge in [-0.25, -0.2) is 0 Å². The van der Waals surface area contributed by atoms with E-state index in [1.54, 1.807) is 24.3 Å². The number of hydrogen-bond acceptors (Lipinski definition) is 3. The van der Waals surface area contributed by atoms with Crippen molar-refractivity contribution in [2.45, 2.75) is 26.2 Å². The van der Waals surface area contributed by atoms with Crippen molar-refractivity contribution >= 4 is 6.29 Å². The Balaban J connectivity index is 1.84. The van der Waals surface area contributed by atoms with Crippen molar-refractivity contribution in [1.82, 2.24) is 4.98 Å². The molecule has 0 fully saturated rings. The summed E-state index contributed by atoms with van der Waals surface area (Å²) in [7, 11) is 0. The first kappa shape index (κ1) is 14.3. The van der Waals surface area contributed by atoms with Gasteiger partial charge in [-0.1, -0.05) is 19.9 Å². The molecule has 1 aromatic carbocycles.